The monoisotopic (exact) mass is 272 g/mol. The molecule has 0 aliphatic carbocycles. The lowest BCUT2D eigenvalue weighted by Crippen LogP contribution is -3.13. The van der Waals surface area contributed by atoms with Gasteiger partial charge in [-0.15, -0.1) is 0 Å². The molecule has 0 saturated carbocycles. The molecule has 1 unspecified atom stereocenters. The summed E-state index contributed by atoms with van der Waals surface area (Å²) < 4.78 is 38.9. The summed E-state index contributed by atoms with van der Waals surface area (Å²) >= 11 is 0. The number of nitrogens with zero attached hydrogens (tertiary/aromatic N) is 1. The maximum absolute atomic E-state index is 13.3. The molecule has 7 heteroatoms. The molecule has 1 rings (SSSR count). The summed E-state index contributed by atoms with van der Waals surface area (Å²) in [5.74, 6) is -5.00. The first kappa shape index (κ1) is 15.0. The normalized spacial score (nSPS) is 13.5. The first-order valence-electron chi connectivity index (χ1n) is 5.52. The molecule has 1 amide bonds. The second kappa shape index (κ2) is 6.20. The highest BCUT2D eigenvalue weighted by Gasteiger charge is 2.19. The van der Waals surface area contributed by atoms with E-state index < -0.39 is 35.1 Å². The van der Waals surface area contributed by atoms with Crippen molar-refractivity contribution in [1.82, 2.24) is 0 Å². The number of nitriles is 1. The number of amides is 1. The molecule has 0 heterocycles. The van der Waals surface area contributed by atoms with Crippen LogP contribution in [0.2, 0.25) is 0 Å². The number of hydrogen-bond acceptors (Lipinski definition) is 2. The lowest BCUT2D eigenvalue weighted by molar-refractivity contribution is -0.886. The molecule has 1 aromatic carbocycles. The third-order valence-electron chi connectivity index (χ3n) is 2.68. The number of quaternary nitrogens is 1. The lowest BCUT2D eigenvalue weighted by atomic mass is 10.2. The van der Waals surface area contributed by atoms with Crippen molar-refractivity contribution in [2.75, 3.05) is 18.9 Å². The van der Waals surface area contributed by atoms with E-state index in [0.717, 1.165) is 12.1 Å². The number of nitrogens with one attached hydrogen (secondary N) is 2. The molecular weight excluding hydrogens is 259 g/mol. The lowest BCUT2D eigenvalue weighted by Gasteiger charge is -2.15. The van der Waals surface area contributed by atoms with E-state index in [9.17, 15) is 18.0 Å². The van der Waals surface area contributed by atoms with E-state index in [2.05, 4.69) is 5.32 Å². The summed E-state index contributed by atoms with van der Waals surface area (Å²) in [5, 5.41) is 10.8. The third kappa shape index (κ3) is 3.69. The molecule has 19 heavy (non-hydrogen) atoms. The quantitative estimate of drug-likeness (QED) is 0.783. The standard InChI is InChI=1S/C12H12F3N3O/c1-7(5-16)18(2)6-10(19)17-9-4-3-8(13)11(14)12(9)15/h3-4,7H,6H2,1-2H3,(H,17,19)/p+1/t7-/m1/s1. The van der Waals surface area contributed by atoms with Gasteiger partial charge in [0.25, 0.3) is 5.91 Å². The molecule has 2 N–H and O–H groups in total. The van der Waals surface area contributed by atoms with Gasteiger partial charge in [-0.25, -0.2) is 13.2 Å². The Morgan fingerprint density at radius 3 is 2.63 bits per heavy atom. The van der Waals surface area contributed by atoms with Crippen molar-refractivity contribution >= 4 is 11.6 Å². The van der Waals surface area contributed by atoms with Gasteiger partial charge in [0, 0.05) is 6.92 Å². The van der Waals surface area contributed by atoms with Crippen LogP contribution in [0.4, 0.5) is 18.9 Å². The van der Waals surface area contributed by atoms with E-state index in [1.807, 2.05) is 6.07 Å². The highest BCUT2D eigenvalue weighted by atomic mass is 19.2. The molecule has 0 saturated heterocycles. The van der Waals surface area contributed by atoms with E-state index in [-0.39, 0.29) is 6.54 Å². The van der Waals surface area contributed by atoms with Gasteiger partial charge in [0.1, 0.15) is 6.07 Å². The van der Waals surface area contributed by atoms with Gasteiger partial charge in [-0.05, 0) is 12.1 Å². The number of rotatable bonds is 4. The predicted molar refractivity (Wildman–Crippen MR) is 61.8 cm³/mol. The van der Waals surface area contributed by atoms with Crippen LogP contribution in [0.1, 0.15) is 6.92 Å². The summed E-state index contributed by atoms with van der Waals surface area (Å²) in [4.78, 5) is 12.2. The molecule has 0 bridgehead atoms. The first-order chi connectivity index (χ1) is 8.86. The smallest absolute Gasteiger partial charge is 0.279 e. The Hall–Kier alpha value is -2.07. The summed E-state index contributed by atoms with van der Waals surface area (Å²) in [6, 6.07) is 3.21. The molecule has 0 aliphatic rings. The Morgan fingerprint density at radius 1 is 1.42 bits per heavy atom. The zero-order valence-electron chi connectivity index (χ0n) is 10.4. The topological polar surface area (TPSA) is 57.3 Å². The van der Waals surface area contributed by atoms with Gasteiger partial charge < -0.3 is 10.2 Å². The average Bonchev–Trinajstić information content (AvgIpc) is 2.38. The van der Waals surface area contributed by atoms with Crippen LogP contribution in [0.3, 0.4) is 0 Å². The summed E-state index contributed by atoms with van der Waals surface area (Å²) in [6.45, 7) is 1.54. The number of halogens is 3. The van der Waals surface area contributed by atoms with Gasteiger partial charge in [0.05, 0.1) is 12.7 Å². The largest absolute Gasteiger partial charge is 0.319 e. The van der Waals surface area contributed by atoms with Gasteiger partial charge >= 0.3 is 0 Å². The zero-order valence-corrected chi connectivity index (χ0v) is 10.4. The van der Waals surface area contributed by atoms with Crippen molar-refractivity contribution in [3.05, 3.63) is 29.6 Å². The molecule has 0 aliphatic heterocycles. The second-order valence-electron chi connectivity index (χ2n) is 4.15. The summed E-state index contributed by atoms with van der Waals surface area (Å²) in [5.41, 5.74) is -0.429. The van der Waals surface area contributed by atoms with Crippen molar-refractivity contribution in [2.45, 2.75) is 13.0 Å². The van der Waals surface area contributed by atoms with Crippen LogP contribution in [-0.2, 0) is 4.79 Å². The number of benzene rings is 1. The highest BCUT2D eigenvalue weighted by Crippen LogP contribution is 2.19. The van der Waals surface area contributed by atoms with Crippen LogP contribution in [0.5, 0.6) is 0 Å². The van der Waals surface area contributed by atoms with Crippen molar-refractivity contribution in [3.8, 4) is 6.07 Å². The zero-order chi connectivity index (χ0) is 14.6. The van der Waals surface area contributed by atoms with Gasteiger partial charge in [0.2, 0.25) is 0 Å². The number of anilines is 1. The summed E-state index contributed by atoms with van der Waals surface area (Å²) in [6.07, 6.45) is 0. The Kier molecular flexibility index (Phi) is 4.89. The van der Waals surface area contributed by atoms with Crippen LogP contribution in [-0.4, -0.2) is 25.5 Å². The third-order valence-corrected chi connectivity index (χ3v) is 2.68. The number of carbonyl (C=O) groups excluding carboxylic acids is 1. The van der Waals surface area contributed by atoms with E-state index >= 15 is 0 Å². The van der Waals surface area contributed by atoms with E-state index in [1.54, 1.807) is 14.0 Å². The van der Waals surface area contributed by atoms with Gasteiger partial charge in [-0.2, -0.15) is 5.26 Å². The minimum atomic E-state index is -1.64. The van der Waals surface area contributed by atoms with Gasteiger partial charge in [-0.3, -0.25) is 4.79 Å². The van der Waals surface area contributed by atoms with Crippen molar-refractivity contribution in [1.29, 1.82) is 5.26 Å². The molecule has 1 aromatic rings. The number of carbonyl (C=O) groups is 1. The fourth-order valence-electron chi connectivity index (χ4n) is 1.33. The minimum absolute atomic E-state index is 0.0901. The van der Waals surface area contributed by atoms with Crippen LogP contribution >= 0.6 is 0 Å². The Balaban J connectivity index is 2.74. The molecule has 4 nitrogen and oxygen atoms in total. The highest BCUT2D eigenvalue weighted by molar-refractivity contribution is 5.91. The fraction of sp³-hybridized carbons (Fsp3) is 0.333. The first-order valence-corrected chi connectivity index (χ1v) is 5.52. The van der Waals surface area contributed by atoms with E-state index in [4.69, 9.17) is 5.26 Å². The average molecular weight is 272 g/mol. The predicted octanol–water partition coefficient (Wildman–Crippen LogP) is 0.469. The molecule has 0 aromatic heterocycles. The van der Waals surface area contributed by atoms with E-state index in [0.29, 0.717) is 4.90 Å². The number of hydrogen-bond donors (Lipinski definition) is 2. The van der Waals surface area contributed by atoms with Crippen molar-refractivity contribution < 1.29 is 22.9 Å². The second-order valence-corrected chi connectivity index (χ2v) is 4.15. The SMILES string of the molecule is C[C@H](C#N)[NH+](C)CC(=O)Nc1ccc(F)c(F)c1F. The molecule has 0 radical (unpaired) electrons. The maximum atomic E-state index is 13.3. The van der Waals surface area contributed by atoms with Crippen LogP contribution in [0, 0.1) is 28.8 Å². The van der Waals surface area contributed by atoms with Gasteiger partial charge in [-0.1, -0.05) is 0 Å². The fourth-order valence-corrected chi connectivity index (χ4v) is 1.33. The molecule has 102 valence electrons. The van der Waals surface area contributed by atoms with Crippen LogP contribution in [0.15, 0.2) is 12.1 Å². The molecule has 0 spiro atoms. The summed E-state index contributed by atoms with van der Waals surface area (Å²) in [7, 11) is 1.62. The maximum Gasteiger partial charge on any atom is 0.279 e. The van der Waals surface area contributed by atoms with Crippen LogP contribution < -0.4 is 10.2 Å². The van der Waals surface area contributed by atoms with E-state index in [1.165, 1.54) is 0 Å². The number of likely N-dealkylation sites (N-methyl/N-ethyl adjacent to an activating group) is 1. The Bertz CT molecular complexity index is 528. The molecular formula is C12H13F3N3O+. The Morgan fingerprint density at radius 2 is 2.05 bits per heavy atom. The van der Waals surface area contributed by atoms with Crippen molar-refractivity contribution in [3.63, 3.8) is 0 Å². The molecule has 0 fully saturated rings. The van der Waals surface area contributed by atoms with Crippen molar-refractivity contribution in [2.24, 2.45) is 0 Å². The van der Waals surface area contributed by atoms with Gasteiger partial charge in [0.15, 0.2) is 30.0 Å². The minimum Gasteiger partial charge on any atom is -0.319 e. The van der Waals surface area contributed by atoms with Crippen LogP contribution in [0.25, 0.3) is 0 Å². The molecule has 2 atom stereocenters. The Labute approximate surface area is 108 Å².